The average molecular weight is 235 g/mol. The number of hydrogen-bond donors (Lipinski definition) is 1. The molecule has 88 valence electrons. The lowest BCUT2D eigenvalue weighted by Crippen LogP contribution is -2.01. The second-order valence-electron chi connectivity index (χ2n) is 4.08. The Morgan fingerprint density at radius 1 is 0.944 bits per heavy atom. The zero-order valence-corrected chi connectivity index (χ0v) is 9.88. The topological polar surface area (TPSA) is 37.8 Å². The smallest absolute Gasteiger partial charge is 0.115 e. The zero-order chi connectivity index (χ0) is 12.2. The van der Waals surface area contributed by atoms with E-state index in [1.54, 1.807) is 12.5 Å². The molecule has 0 radical (unpaired) electrons. The molecule has 0 bridgehead atoms. The van der Waals surface area contributed by atoms with Gasteiger partial charge in [-0.15, -0.1) is 0 Å². The Morgan fingerprint density at radius 2 is 1.83 bits per heavy atom. The molecule has 2 aromatic carbocycles. The van der Waals surface area contributed by atoms with Gasteiger partial charge in [0.2, 0.25) is 0 Å². The van der Waals surface area contributed by atoms with Gasteiger partial charge in [-0.05, 0) is 17.5 Å². The van der Waals surface area contributed by atoms with Gasteiger partial charge < -0.3 is 5.32 Å². The van der Waals surface area contributed by atoms with Gasteiger partial charge in [0.15, 0.2) is 0 Å². The van der Waals surface area contributed by atoms with Crippen molar-refractivity contribution in [3.05, 3.63) is 66.7 Å². The fourth-order valence-corrected chi connectivity index (χ4v) is 1.99. The van der Waals surface area contributed by atoms with Gasteiger partial charge in [0.05, 0.1) is 12.2 Å². The van der Waals surface area contributed by atoms with E-state index in [0.717, 1.165) is 11.4 Å². The van der Waals surface area contributed by atoms with E-state index < -0.39 is 0 Å². The van der Waals surface area contributed by atoms with Crippen LogP contribution in [0.4, 0.5) is 5.69 Å². The molecule has 3 nitrogen and oxygen atoms in total. The van der Waals surface area contributed by atoms with Crippen molar-refractivity contribution in [2.24, 2.45) is 0 Å². The molecule has 0 unspecified atom stereocenters. The summed E-state index contributed by atoms with van der Waals surface area (Å²) >= 11 is 0. The third-order valence-corrected chi connectivity index (χ3v) is 2.89. The summed E-state index contributed by atoms with van der Waals surface area (Å²) in [6.07, 6.45) is 3.33. The van der Waals surface area contributed by atoms with Crippen molar-refractivity contribution in [2.45, 2.75) is 6.54 Å². The molecular weight excluding hydrogens is 222 g/mol. The average Bonchev–Trinajstić information content (AvgIpc) is 2.46. The molecule has 0 aliphatic rings. The number of benzene rings is 2. The maximum absolute atomic E-state index is 4.20. The molecule has 18 heavy (non-hydrogen) atoms. The van der Waals surface area contributed by atoms with Gasteiger partial charge in [-0.25, -0.2) is 9.97 Å². The summed E-state index contributed by atoms with van der Waals surface area (Å²) in [5, 5.41) is 5.89. The molecule has 0 saturated carbocycles. The lowest BCUT2D eigenvalue weighted by molar-refractivity contribution is 1.01. The van der Waals surface area contributed by atoms with Gasteiger partial charge in [0.25, 0.3) is 0 Å². The summed E-state index contributed by atoms with van der Waals surface area (Å²) in [5.74, 6) is 0. The highest BCUT2D eigenvalue weighted by Crippen LogP contribution is 2.23. The van der Waals surface area contributed by atoms with E-state index in [-0.39, 0.29) is 0 Å². The summed E-state index contributed by atoms with van der Waals surface area (Å²) in [7, 11) is 0. The monoisotopic (exact) mass is 235 g/mol. The van der Waals surface area contributed by atoms with Crippen molar-refractivity contribution in [3.8, 4) is 0 Å². The fourth-order valence-electron chi connectivity index (χ4n) is 1.99. The van der Waals surface area contributed by atoms with E-state index in [9.17, 15) is 0 Å². The molecule has 0 aliphatic heterocycles. The first kappa shape index (κ1) is 10.7. The Labute approximate surface area is 106 Å². The molecule has 0 saturated heterocycles. The quantitative estimate of drug-likeness (QED) is 0.757. The van der Waals surface area contributed by atoms with Crippen LogP contribution in [0.2, 0.25) is 0 Å². The number of fused-ring (bicyclic) bond motifs is 1. The molecule has 3 rings (SSSR count). The van der Waals surface area contributed by atoms with Crippen LogP contribution in [0.3, 0.4) is 0 Å². The molecule has 0 amide bonds. The number of hydrogen-bond acceptors (Lipinski definition) is 3. The molecule has 1 heterocycles. The van der Waals surface area contributed by atoms with E-state index in [1.807, 2.05) is 6.07 Å². The number of anilines is 1. The first-order valence-corrected chi connectivity index (χ1v) is 5.90. The Morgan fingerprint density at radius 3 is 2.72 bits per heavy atom. The Balaban J connectivity index is 1.87. The molecular formula is C15H13N3. The van der Waals surface area contributed by atoms with Gasteiger partial charge in [0.1, 0.15) is 6.33 Å². The van der Waals surface area contributed by atoms with Crippen LogP contribution in [0.1, 0.15) is 5.69 Å². The van der Waals surface area contributed by atoms with Crippen LogP contribution in [0, 0.1) is 0 Å². The highest BCUT2D eigenvalue weighted by Gasteiger charge is 1.99. The molecule has 1 aromatic heterocycles. The third kappa shape index (κ3) is 2.15. The van der Waals surface area contributed by atoms with Gasteiger partial charge in [0, 0.05) is 17.3 Å². The van der Waals surface area contributed by atoms with Crippen LogP contribution in [0.5, 0.6) is 0 Å². The van der Waals surface area contributed by atoms with E-state index in [1.165, 1.54) is 10.8 Å². The van der Waals surface area contributed by atoms with Gasteiger partial charge in [-0.2, -0.15) is 0 Å². The number of aromatic nitrogens is 2. The number of nitrogens with zero attached hydrogens (tertiary/aromatic N) is 2. The van der Waals surface area contributed by atoms with Gasteiger partial charge >= 0.3 is 0 Å². The van der Waals surface area contributed by atoms with Crippen molar-refractivity contribution in [2.75, 3.05) is 5.32 Å². The van der Waals surface area contributed by atoms with Crippen LogP contribution < -0.4 is 5.32 Å². The predicted octanol–water partition coefficient (Wildman–Crippen LogP) is 3.24. The van der Waals surface area contributed by atoms with Crippen molar-refractivity contribution in [1.82, 2.24) is 9.97 Å². The first-order chi connectivity index (χ1) is 8.93. The van der Waals surface area contributed by atoms with Crippen LogP contribution >= 0.6 is 0 Å². The minimum atomic E-state index is 0.705. The van der Waals surface area contributed by atoms with Crippen molar-refractivity contribution in [3.63, 3.8) is 0 Å². The van der Waals surface area contributed by atoms with Gasteiger partial charge in [-0.3, -0.25) is 0 Å². The van der Waals surface area contributed by atoms with Crippen molar-refractivity contribution < 1.29 is 0 Å². The van der Waals surface area contributed by atoms with Crippen molar-refractivity contribution >= 4 is 16.5 Å². The van der Waals surface area contributed by atoms with E-state index in [4.69, 9.17) is 0 Å². The molecule has 0 atom stereocenters. The Hall–Kier alpha value is -2.42. The summed E-state index contributed by atoms with van der Waals surface area (Å²) in [4.78, 5) is 8.11. The van der Waals surface area contributed by atoms with E-state index >= 15 is 0 Å². The fraction of sp³-hybridized carbons (Fsp3) is 0.0667. The summed E-state index contributed by atoms with van der Waals surface area (Å²) in [6, 6.07) is 16.5. The first-order valence-electron chi connectivity index (χ1n) is 5.90. The minimum absolute atomic E-state index is 0.705. The number of rotatable bonds is 3. The largest absolute Gasteiger partial charge is 0.379 e. The van der Waals surface area contributed by atoms with Crippen LogP contribution in [-0.2, 0) is 6.54 Å². The van der Waals surface area contributed by atoms with Crippen LogP contribution in [0.25, 0.3) is 10.8 Å². The third-order valence-electron chi connectivity index (χ3n) is 2.89. The highest BCUT2D eigenvalue weighted by molar-refractivity contribution is 5.93. The minimum Gasteiger partial charge on any atom is -0.379 e. The van der Waals surface area contributed by atoms with E-state index in [2.05, 4.69) is 57.7 Å². The molecule has 1 N–H and O–H groups in total. The Bertz CT molecular complexity index is 645. The second-order valence-corrected chi connectivity index (χ2v) is 4.08. The summed E-state index contributed by atoms with van der Waals surface area (Å²) in [6.45, 7) is 0.705. The molecule has 0 aliphatic carbocycles. The van der Waals surface area contributed by atoms with E-state index in [0.29, 0.717) is 6.54 Å². The van der Waals surface area contributed by atoms with Crippen molar-refractivity contribution in [1.29, 1.82) is 0 Å². The second kappa shape index (κ2) is 4.84. The Kier molecular flexibility index (Phi) is 2.88. The zero-order valence-electron chi connectivity index (χ0n) is 9.88. The lowest BCUT2D eigenvalue weighted by atomic mass is 10.1. The normalized spacial score (nSPS) is 10.4. The summed E-state index contributed by atoms with van der Waals surface area (Å²) in [5.41, 5.74) is 2.12. The molecule has 0 fully saturated rings. The molecule has 0 spiro atoms. The molecule has 3 aromatic rings. The lowest BCUT2D eigenvalue weighted by Gasteiger charge is -2.09. The van der Waals surface area contributed by atoms with Gasteiger partial charge in [-0.1, -0.05) is 36.4 Å². The maximum atomic E-state index is 4.20. The van der Waals surface area contributed by atoms with Crippen LogP contribution in [0.15, 0.2) is 61.1 Å². The predicted molar refractivity (Wildman–Crippen MR) is 73.3 cm³/mol. The standard InChI is InChI=1S/C15H13N3/c1-2-6-14-12(4-1)5-3-7-15(14)17-10-13-8-9-16-11-18-13/h1-9,11,17H,10H2. The van der Waals surface area contributed by atoms with Crippen LogP contribution in [-0.4, -0.2) is 9.97 Å². The SMILES string of the molecule is c1ccc2c(NCc3ccncn3)cccc2c1. The summed E-state index contributed by atoms with van der Waals surface area (Å²) < 4.78 is 0. The molecule has 3 heteroatoms. The number of nitrogens with one attached hydrogen (secondary N) is 1. The highest BCUT2D eigenvalue weighted by atomic mass is 14.9. The maximum Gasteiger partial charge on any atom is 0.115 e.